The number of benzene rings is 1. The summed E-state index contributed by atoms with van der Waals surface area (Å²) in [6.07, 6.45) is 3.81. The smallest absolute Gasteiger partial charge is 0.219 e. The fourth-order valence-corrected chi connectivity index (χ4v) is 6.84. The van der Waals surface area contributed by atoms with Crippen LogP contribution in [-0.4, -0.2) is 38.9 Å². The zero-order valence-corrected chi connectivity index (χ0v) is 18.5. The number of amides is 1. The predicted octanol–water partition coefficient (Wildman–Crippen LogP) is 3.88. The minimum atomic E-state index is -0.0226. The summed E-state index contributed by atoms with van der Waals surface area (Å²) in [6, 6.07) is 4.30. The van der Waals surface area contributed by atoms with Gasteiger partial charge in [-0.15, -0.1) is 0 Å². The molecule has 2 bridgehead atoms. The SMILES string of the molecule is CCC(=O)N[C@H]1C(C)(C)[C@@H]2C[C@@H]3[C@@H](c4cc(OC)c5c(c4)OCCO5)OCCC31C2. The van der Waals surface area contributed by atoms with E-state index in [0.29, 0.717) is 49.6 Å². The summed E-state index contributed by atoms with van der Waals surface area (Å²) in [5.41, 5.74) is 1.28. The van der Waals surface area contributed by atoms with Crippen molar-refractivity contribution in [1.82, 2.24) is 5.32 Å². The number of methoxy groups -OCH3 is 1. The lowest BCUT2D eigenvalue weighted by Crippen LogP contribution is -2.58. The fourth-order valence-electron chi connectivity index (χ4n) is 6.84. The van der Waals surface area contributed by atoms with Crippen LogP contribution in [0.3, 0.4) is 0 Å². The minimum Gasteiger partial charge on any atom is -0.493 e. The van der Waals surface area contributed by atoms with E-state index < -0.39 is 0 Å². The second kappa shape index (κ2) is 7.04. The van der Waals surface area contributed by atoms with E-state index in [1.807, 2.05) is 13.0 Å². The summed E-state index contributed by atoms with van der Waals surface area (Å²) in [5, 5.41) is 3.42. The summed E-state index contributed by atoms with van der Waals surface area (Å²) in [5.74, 6) is 3.23. The van der Waals surface area contributed by atoms with E-state index in [-0.39, 0.29) is 28.9 Å². The Kier molecular flexibility index (Phi) is 4.69. The molecule has 1 saturated heterocycles. The van der Waals surface area contributed by atoms with Crippen molar-refractivity contribution < 1.29 is 23.7 Å². The standard InChI is InChI=1S/C24H33NO5/c1-5-19(26)25-22-23(2,3)15-12-16-20(29-7-6-24(16,22)13-15)14-10-17(27-4)21-18(11-14)28-8-9-30-21/h10-11,15-16,20,22H,5-9,12-13H2,1-4H3,(H,25,26)/t15-,16-,20-,22+,24?/m1/s1. The van der Waals surface area contributed by atoms with E-state index in [9.17, 15) is 4.79 Å². The zero-order valence-electron chi connectivity index (χ0n) is 18.5. The molecule has 1 amide bonds. The third-order valence-electron chi connectivity index (χ3n) is 8.31. The van der Waals surface area contributed by atoms with Crippen molar-refractivity contribution in [2.24, 2.45) is 22.7 Å². The molecule has 30 heavy (non-hydrogen) atoms. The second-order valence-electron chi connectivity index (χ2n) is 9.94. The Morgan fingerprint density at radius 2 is 2.03 bits per heavy atom. The van der Waals surface area contributed by atoms with Crippen molar-refractivity contribution in [3.8, 4) is 17.2 Å². The molecule has 6 nitrogen and oxygen atoms in total. The minimum absolute atomic E-state index is 0.0226. The molecule has 1 N–H and O–H groups in total. The molecule has 1 spiro atoms. The van der Waals surface area contributed by atoms with Crippen LogP contribution in [0, 0.1) is 22.7 Å². The Morgan fingerprint density at radius 1 is 1.23 bits per heavy atom. The van der Waals surface area contributed by atoms with E-state index in [2.05, 4.69) is 25.2 Å². The second-order valence-corrected chi connectivity index (χ2v) is 9.94. The Morgan fingerprint density at radius 3 is 2.80 bits per heavy atom. The van der Waals surface area contributed by atoms with Gasteiger partial charge in [-0.3, -0.25) is 4.79 Å². The number of rotatable bonds is 4. The first-order valence-corrected chi connectivity index (χ1v) is 11.3. The number of carbonyl (C=O) groups is 1. The molecule has 4 aliphatic rings. The van der Waals surface area contributed by atoms with Crippen LogP contribution < -0.4 is 19.5 Å². The van der Waals surface area contributed by atoms with E-state index in [0.717, 1.165) is 24.2 Å². The molecule has 5 rings (SSSR count). The monoisotopic (exact) mass is 415 g/mol. The van der Waals surface area contributed by atoms with Crippen LogP contribution in [0.1, 0.15) is 58.1 Å². The molecule has 5 atom stereocenters. The first-order chi connectivity index (χ1) is 14.4. The highest BCUT2D eigenvalue weighted by Gasteiger charge is 2.68. The first kappa shape index (κ1) is 20.0. The quantitative estimate of drug-likeness (QED) is 0.809. The number of hydrogen-bond donors (Lipinski definition) is 1. The van der Waals surface area contributed by atoms with Gasteiger partial charge in [0, 0.05) is 19.1 Å². The molecular weight excluding hydrogens is 382 g/mol. The lowest BCUT2D eigenvalue weighted by atomic mass is 9.59. The van der Waals surface area contributed by atoms with Crippen molar-refractivity contribution in [3.05, 3.63) is 17.7 Å². The molecule has 0 aromatic heterocycles. The average Bonchev–Trinajstić information content (AvgIpc) is 3.25. The number of hydrogen-bond acceptors (Lipinski definition) is 5. The average molecular weight is 416 g/mol. The van der Waals surface area contributed by atoms with Gasteiger partial charge in [-0.05, 0) is 59.6 Å². The number of nitrogens with one attached hydrogen (secondary N) is 1. The molecule has 1 aromatic carbocycles. The Labute approximate surface area is 178 Å². The largest absolute Gasteiger partial charge is 0.493 e. The van der Waals surface area contributed by atoms with Crippen LogP contribution in [-0.2, 0) is 9.53 Å². The third-order valence-corrected chi connectivity index (χ3v) is 8.31. The lowest BCUT2D eigenvalue weighted by Gasteiger charge is -2.53. The third kappa shape index (κ3) is 2.75. The summed E-state index contributed by atoms with van der Waals surface area (Å²) >= 11 is 0. The summed E-state index contributed by atoms with van der Waals surface area (Å²) in [4.78, 5) is 12.4. The number of fused-ring (bicyclic) bond motifs is 2. The Bertz CT molecular complexity index is 835. The molecule has 1 aromatic rings. The van der Waals surface area contributed by atoms with Gasteiger partial charge in [-0.1, -0.05) is 20.8 Å². The first-order valence-electron chi connectivity index (χ1n) is 11.3. The van der Waals surface area contributed by atoms with E-state index in [1.54, 1.807) is 7.11 Å². The maximum absolute atomic E-state index is 12.4. The Hall–Kier alpha value is -1.95. The van der Waals surface area contributed by atoms with Gasteiger partial charge in [0.25, 0.3) is 0 Å². The molecular formula is C24H33NO5. The van der Waals surface area contributed by atoms with E-state index >= 15 is 0 Å². The summed E-state index contributed by atoms with van der Waals surface area (Å²) in [7, 11) is 1.66. The normalized spacial score (nSPS) is 35.6. The van der Waals surface area contributed by atoms with Crippen LogP contribution in [0.15, 0.2) is 12.1 Å². The maximum atomic E-state index is 12.4. The molecule has 1 unspecified atom stereocenters. The van der Waals surface area contributed by atoms with E-state index in [1.165, 1.54) is 6.42 Å². The highest BCUT2D eigenvalue weighted by Crippen LogP contribution is 2.70. The predicted molar refractivity (Wildman–Crippen MR) is 112 cm³/mol. The topological polar surface area (TPSA) is 66.0 Å². The van der Waals surface area contributed by atoms with Crippen LogP contribution >= 0.6 is 0 Å². The van der Waals surface area contributed by atoms with Gasteiger partial charge in [0.1, 0.15) is 13.2 Å². The molecule has 3 fully saturated rings. The highest BCUT2D eigenvalue weighted by atomic mass is 16.6. The molecule has 164 valence electrons. The number of carbonyl (C=O) groups excluding carboxylic acids is 1. The van der Waals surface area contributed by atoms with Crippen molar-refractivity contribution in [2.45, 2.75) is 58.6 Å². The van der Waals surface area contributed by atoms with E-state index in [4.69, 9.17) is 18.9 Å². The van der Waals surface area contributed by atoms with Gasteiger partial charge in [-0.25, -0.2) is 0 Å². The van der Waals surface area contributed by atoms with Gasteiger partial charge in [-0.2, -0.15) is 0 Å². The molecule has 6 heteroatoms. The van der Waals surface area contributed by atoms with Gasteiger partial charge in [0.15, 0.2) is 11.5 Å². The fraction of sp³-hybridized carbons (Fsp3) is 0.708. The van der Waals surface area contributed by atoms with Crippen molar-refractivity contribution >= 4 is 5.91 Å². The summed E-state index contributed by atoms with van der Waals surface area (Å²) in [6.45, 7) is 8.38. The van der Waals surface area contributed by atoms with Crippen LogP contribution in [0.4, 0.5) is 0 Å². The van der Waals surface area contributed by atoms with Gasteiger partial charge in [0.2, 0.25) is 11.7 Å². The van der Waals surface area contributed by atoms with Crippen LogP contribution in [0.5, 0.6) is 17.2 Å². The van der Waals surface area contributed by atoms with Gasteiger partial charge in [0.05, 0.1) is 13.2 Å². The molecule has 2 heterocycles. The zero-order chi connectivity index (χ0) is 21.1. The van der Waals surface area contributed by atoms with Crippen LogP contribution in [0.2, 0.25) is 0 Å². The molecule has 2 saturated carbocycles. The lowest BCUT2D eigenvalue weighted by molar-refractivity contribution is -0.137. The van der Waals surface area contributed by atoms with Gasteiger partial charge >= 0.3 is 0 Å². The Balaban J connectivity index is 1.52. The van der Waals surface area contributed by atoms with Crippen molar-refractivity contribution in [3.63, 3.8) is 0 Å². The molecule has 2 aliphatic heterocycles. The molecule has 0 radical (unpaired) electrons. The number of ether oxygens (including phenoxy) is 4. The van der Waals surface area contributed by atoms with Crippen molar-refractivity contribution in [1.29, 1.82) is 0 Å². The molecule has 2 aliphatic carbocycles. The highest BCUT2D eigenvalue weighted by molar-refractivity contribution is 5.76. The van der Waals surface area contributed by atoms with Crippen LogP contribution in [0.25, 0.3) is 0 Å². The van der Waals surface area contributed by atoms with Gasteiger partial charge < -0.3 is 24.3 Å². The van der Waals surface area contributed by atoms with Crippen molar-refractivity contribution in [2.75, 3.05) is 26.9 Å². The maximum Gasteiger partial charge on any atom is 0.219 e. The summed E-state index contributed by atoms with van der Waals surface area (Å²) < 4.78 is 23.7.